The van der Waals surface area contributed by atoms with E-state index in [4.69, 9.17) is 21.6 Å². The van der Waals surface area contributed by atoms with E-state index in [-0.39, 0.29) is 5.91 Å². The van der Waals surface area contributed by atoms with Gasteiger partial charge >= 0.3 is 0 Å². The van der Waals surface area contributed by atoms with Crippen LogP contribution in [0.2, 0.25) is 5.02 Å². The molecule has 2 aliphatic rings. The average Bonchev–Trinajstić information content (AvgIpc) is 3.57. The number of amides is 1. The Morgan fingerprint density at radius 3 is 2.48 bits per heavy atom. The highest BCUT2D eigenvalue weighted by Crippen LogP contribution is 2.31. The molecule has 2 aromatic heterocycles. The summed E-state index contributed by atoms with van der Waals surface area (Å²) in [6.07, 6.45) is 5.80. The number of anilines is 2. The van der Waals surface area contributed by atoms with Crippen LogP contribution in [0, 0.1) is 0 Å². The van der Waals surface area contributed by atoms with Crippen molar-refractivity contribution < 1.29 is 4.79 Å². The van der Waals surface area contributed by atoms with Crippen molar-refractivity contribution in [2.75, 3.05) is 36.4 Å². The van der Waals surface area contributed by atoms with Gasteiger partial charge in [0.05, 0.1) is 11.7 Å². The second kappa shape index (κ2) is 7.48. The highest BCUT2D eigenvalue weighted by Gasteiger charge is 2.28. The van der Waals surface area contributed by atoms with Gasteiger partial charge in [0.1, 0.15) is 5.52 Å². The third-order valence-corrected chi connectivity index (χ3v) is 5.58. The number of fused-ring (bicyclic) bond motifs is 1. The zero-order valence-corrected chi connectivity index (χ0v) is 16.6. The number of nitrogens with one attached hydrogen (secondary N) is 1. The zero-order valence-electron chi connectivity index (χ0n) is 15.9. The van der Waals surface area contributed by atoms with Crippen LogP contribution in [-0.2, 0) is 0 Å². The molecule has 29 heavy (non-hydrogen) atoms. The third-order valence-electron chi connectivity index (χ3n) is 5.32. The minimum atomic E-state index is 0.0355. The second-order valence-electron chi connectivity index (χ2n) is 7.46. The molecule has 0 spiro atoms. The molecule has 3 aromatic rings. The van der Waals surface area contributed by atoms with Gasteiger partial charge in [-0.05, 0) is 43.2 Å². The first-order valence-electron chi connectivity index (χ1n) is 9.85. The molecule has 0 bridgehead atoms. The summed E-state index contributed by atoms with van der Waals surface area (Å²) >= 11 is 5.93. The number of carbonyl (C=O) groups excluding carboxylic acids is 1. The van der Waals surface area contributed by atoms with Crippen LogP contribution in [0.25, 0.3) is 11.0 Å². The Hall–Kier alpha value is -2.93. The SMILES string of the molecule is O=C(c1ccc(Cl)cc1)N1CCN(c2nc3ccncc3nc2NC2CC2)CC1. The lowest BCUT2D eigenvalue weighted by Crippen LogP contribution is -2.49. The standard InChI is InChI=1S/C21H21ClN6O/c22-15-3-1-14(2-4-15)21(29)28-11-9-27(10-12-28)20-19(24-16-5-6-16)25-18-13-23-8-7-17(18)26-20/h1-4,7-8,13,16H,5-6,9-12H2,(H,24,25). The molecule has 5 rings (SSSR count). The zero-order chi connectivity index (χ0) is 19.8. The van der Waals surface area contributed by atoms with Crippen LogP contribution in [0.1, 0.15) is 23.2 Å². The predicted octanol–water partition coefficient (Wildman–Crippen LogP) is 3.21. The summed E-state index contributed by atoms with van der Waals surface area (Å²) in [5.41, 5.74) is 2.28. The van der Waals surface area contributed by atoms with Gasteiger partial charge in [0.2, 0.25) is 0 Å². The number of carbonyl (C=O) groups is 1. The second-order valence-corrected chi connectivity index (χ2v) is 7.90. The van der Waals surface area contributed by atoms with E-state index in [1.165, 1.54) is 0 Å². The molecule has 1 saturated carbocycles. The van der Waals surface area contributed by atoms with Gasteiger partial charge in [0.15, 0.2) is 11.6 Å². The Morgan fingerprint density at radius 1 is 1.00 bits per heavy atom. The number of halogens is 1. The highest BCUT2D eigenvalue weighted by atomic mass is 35.5. The summed E-state index contributed by atoms with van der Waals surface area (Å²) in [6.45, 7) is 2.70. The van der Waals surface area contributed by atoms with Gasteiger partial charge in [0, 0.05) is 49.0 Å². The van der Waals surface area contributed by atoms with E-state index in [9.17, 15) is 4.79 Å². The fourth-order valence-corrected chi connectivity index (χ4v) is 3.66. The van der Waals surface area contributed by atoms with Crippen LogP contribution < -0.4 is 10.2 Å². The first kappa shape index (κ1) is 18.1. The van der Waals surface area contributed by atoms with Crippen molar-refractivity contribution in [1.29, 1.82) is 0 Å². The molecular weight excluding hydrogens is 388 g/mol. The Labute approximate surface area is 173 Å². The number of rotatable bonds is 4. The molecule has 1 N–H and O–H groups in total. The summed E-state index contributed by atoms with van der Waals surface area (Å²) in [4.78, 5) is 30.6. The van der Waals surface area contributed by atoms with Gasteiger partial charge in [-0.2, -0.15) is 0 Å². The Bertz CT molecular complexity index is 1040. The van der Waals surface area contributed by atoms with Crippen molar-refractivity contribution in [2.24, 2.45) is 0 Å². The topological polar surface area (TPSA) is 74.2 Å². The largest absolute Gasteiger partial charge is 0.364 e. The molecule has 1 amide bonds. The number of piperazine rings is 1. The van der Waals surface area contributed by atoms with E-state index in [1.54, 1.807) is 36.7 Å². The Balaban J connectivity index is 1.35. The highest BCUT2D eigenvalue weighted by molar-refractivity contribution is 6.30. The van der Waals surface area contributed by atoms with Crippen molar-refractivity contribution in [3.8, 4) is 0 Å². The normalized spacial score (nSPS) is 16.9. The predicted molar refractivity (Wildman–Crippen MR) is 114 cm³/mol. The average molecular weight is 409 g/mol. The van der Waals surface area contributed by atoms with Crippen LogP contribution in [0.5, 0.6) is 0 Å². The van der Waals surface area contributed by atoms with E-state index in [0.717, 1.165) is 35.5 Å². The molecule has 8 heteroatoms. The van der Waals surface area contributed by atoms with Crippen LogP contribution in [0.15, 0.2) is 42.7 Å². The minimum absolute atomic E-state index is 0.0355. The molecule has 1 aliphatic heterocycles. The van der Waals surface area contributed by atoms with Gasteiger partial charge < -0.3 is 15.1 Å². The lowest BCUT2D eigenvalue weighted by Gasteiger charge is -2.36. The van der Waals surface area contributed by atoms with Crippen molar-refractivity contribution in [3.05, 3.63) is 53.3 Å². The molecule has 1 aromatic carbocycles. The van der Waals surface area contributed by atoms with Crippen molar-refractivity contribution in [3.63, 3.8) is 0 Å². The fourth-order valence-electron chi connectivity index (χ4n) is 3.53. The van der Waals surface area contributed by atoms with Gasteiger partial charge in [0.25, 0.3) is 5.91 Å². The molecule has 148 valence electrons. The molecule has 0 atom stereocenters. The van der Waals surface area contributed by atoms with E-state index < -0.39 is 0 Å². The molecular formula is C21H21ClN6O. The molecule has 7 nitrogen and oxygen atoms in total. The fraction of sp³-hybridized carbons (Fsp3) is 0.333. The minimum Gasteiger partial charge on any atom is -0.364 e. The number of hydrogen-bond acceptors (Lipinski definition) is 6. The smallest absolute Gasteiger partial charge is 0.253 e. The van der Waals surface area contributed by atoms with Crippen LogP contribution >= 0.6 is 11.6 Å². The quantitative estimate of drug-likeness (QED) is 0.714. The van der Waals surface area contributed by atoms with Crippen LogP contribution in [-0.4, -0.2) is 58.0 Å². The maximum absolute atomic E-state index is 12.8. The summed E-state index contributed by atoms with van der Waals surface area (Å²) in [7, 11) is 0. The maximum Gasteiger partial charge on any atom is 0.253 e. The molecule has 0 unspecified atom stereocenters. The molecule has 1 aliphatic carbocycles. The van der Waals surface area contributed by atoms with Crippen LogP contribution in [0.4, 0.5) is 11.6 Å². The summed E-state index contributed by atoms with van der Waals surface area (Å²) in [5, 5.41) is 4.13. The number of nitrogens with zero attached hydrogens (tertiary/aromatic N) is 5. The third kappa shape index (κ3) is 3.82. The molecule has 2 fully saturated rings. The van der Waals surface area contributed by atoms with Crippen molar-refractivity contribution in [1.82, 2.24) is 19.9 Å². The van der Waals surface area contributed by atoms with Crippen molar-refractivity contribution in [2.45, 2.75) is 18.9 Å². The number of hydrogen-bond donors (Lipinski definition) is 1. The lowest BCUT2D eigenvalue weighted by molar-refractivity contribution is 0.0746. The number of benzene rings is 1. The first-order valence-corrected chi connectivity index (χ1v) is 10.2. The van der Waals surface area contributed by atoms with Crippen molar-refractivity contribution >= 4 is 40.2 Å². The maximum atomic E-state index is 12.8. The number of aromatic nitrogens is 3. The summed E-state index contributed by atoms with van der Waals surface area (Å²) < 4.78 is 0. The Morgan fingerprint density at radius 2 is 1.76 bits per heavy atom. The van der Waals surface area contributed by atoms with E-state index >= 15 is 0 Å². The Kier molecular flexibility index (Phi) is 4.67. The van der Waals surface area contributed by atoms with E-state index in [0.29, 0.717) is 42.8 Å². The van der Waals surface area contributed by atoms with E-state index in [1.807, 2.05) is 11.0 Å². The summed E-state index contributed by atoms with van der Waals surface area (Å²) in [6, 6.07) is 9.41. The first-order chi connectivity index (χ1) is 14.2. The van der Waals surface area contributed by atoms with Gasteiger partial charge in [-0.1, -0.05) is 11.6 Å². The molecule has 1 saturated heterocycles. The van der Waals surface area contributed by atoms with Gasteiger partial charge in [-0.3, -0.25) is 9.78 Å². The number of pyridine rings is 1. The van der Waals surface area contributed by atoms with Gasteiger partial charge in [-0.25, -0.2) is 9.97 Å². The molecule has 3 heterocycles. The van der Waals surface area contributed by atoms with Crippen LogP contribution in [0.3, 0.4) is 0 Å². The summed E-state index contributed by atoms with van der Waals surface area (Å²) in [5.74, 6) is 1.70. The molecule has 0 radical (unpaired) electrons. The van der Waals surface area contributed by atoms with E-state index in [2.05, 4.69) is 15.2 Å². The van der Waals surface area contributed by atoms with Gasteiger partial charge in [-0.15, -0.1) is 0 Å². The lowest BCUT2D eigenvalue weighted by atomic mass is 10.2. The monoisotopic (exact) mass is 408 g/mol.